The Balaban J connectivity index is 2.00. The van der Waals surface area contributed by atoms with Crippen molar-refractivity contribution >= 4 is 27.7 Å². The predicted octanol–water partition coefficient (Wildman–Crippen LogP) is 2.92. The molecule has 1 fully saturated rings. The van der Waals surface area contributed by atoms with Gasteiger partial charge in [-0.25, -0.2) is 0 Å². The maximum Gasteiger partial charge on any atom is 0.377 e. The number of hydrogen-bond donors (Lipinski definition) is 1. The standard InChI is InChI=1S/C15H17BrF2N2O2/c16-15(17,18)14(22)19-10-11-5-4-6-12(9-11)13(21)20-7-2-1-3-8-20/h4-6,9H,1-3,7-8,10H2,(H,19,22). The molecule has 1 aliphatic heterocycles. The Hall–Kier alpha value is -1.50. The Bertz CT molecular complexity index is 555. The molecule has 0 bridgehead atoms. The minimum Gasteiger partial charge on any atom is -0.346 e. The molecule has 4 nitrogen and oxygen atoms in total. The van der Waals surface area contributed by atoms with E-state index in [0.29, 0.717) is 11.1 Å². The number of carbonyl (C=O) groups excluding carboxylic acids is 2. The van der Waals surface area contributed by atoms with E-state index in [0.717, 1.165) is 32.4 Å². The first kappa shape index (κ1) is 16.9. The number of nitrogens with zero attached hydrogens (tertiary/aromatic N) is 1. The van der Waals surface area contributed by atoms with Crippen LogP contribution in [0, 0.1) is 0 Å². The van der Waals surface area contributed by atoms with E-state index in [4.69, 9.17) is 0 Å². The van der Waals surface area contributed by atoms with Crippen LogP contribution < -0.4 is 5.32 Å². The second-order valence-electron chi connectivity index (χ2n) is 5.23. The number of rotatable bonds is 4. The molecule has 2 amide bonds. The fourth-order valence-electron chi connectivity index (χ4n) is 2.38. The van der Waals surface area contributed by atoms with Crippen LogP contribution in [0.25, 0.3) is 0 Å². The van der Waals surface area contributed by atoms with E-state index in [9.17, 15) is 18.4 Å². The molecule has 1 aromatic rings. The maximum atomic E-state index is 12.7. The normalized spacial score (nSPS) is 15.5. The van der Waals surface area contributed by atoms with Gasteiger partial charge in [0.15, 0.2) is 0 Å². The highest BCUT2D eigenvalue weighted by Crippen LogP contribution is 2.21. The van der Waals surface area contributed by atoms with Crippen molar-refractivity contribution in [3.05, 3.63) is 35.4 Å². The van der Waals surface area contributed by atoms with Crippen molar-refractivity contribution in [3.8, 4) is 0 Å². The zero-order valence-corrected chi connectivity index (χ0v) is 13.5. The van der Waals surface area contributed by atoms with Crippen molar-refractivity contribution in [2.75, 3.05) is 13.1 Å². The second-order valence-corrected chi connectivity index (χ2v) is 6.23. The summed E-state index contributed by atoms with van der Waals surface area (Å²) in [4.78, 5) is 21.7. The minimum absolute atomic E-state index is 0.0544. The molecule has 0 aliphatic carbocycles. The molecule has 0 unspecified atom stereocenters. The molecule has 2 rings (SSSR count). The van der Waals surface area contributed by atoms with Gasteiger partial charge in [0, 0.05) is 41.1 Å². The number of benzene rings is 1. The number of piperidine rings is 1. The summed E-state index contributed by atoms with van der Waals surface area (Å²) >= 11 is 2.00. The molecule has 0 aromatic heterocycles. The number of likely N-dealkylation sites (tertiary alicyclic amines) is 1. The fourth-order valence-corrected chi connectivity index (χ4v) is 2.52. The van der Waals surface area contributed by atoms with E-state index in [1.54, 1.807) is 29.2 Å². The van der Waals surface area contributed by atoms with Gasteiger partial charge in [-0.2, -0.15) is 8.78 Å². The van der Waals surface area contributed by atoms with E-state index in [-0.39, 0.29) is 12.5 Å². The van der Waals surface area contributed by atoms with E-state index in [2.05, 4.69) is 5.32 Å². The molecule has 120 valence electrons. The number of amides is 2. The third-order valence-corrected chi connectivity index (χ3v) is 3.89. The van der Waals surface area contributed by atoms with Crippen molar-refractivity contribution < 1.29 is 18.4 Å². The molecule has 1 saturated heterocycles. The van der Waals surface area contributed by atoms with Crippen LogP contribution in [0.3, 0.4) is 0 Å². The molecule has 0 atom stereocenters. The van der Waals surface area contributed by atoms with Gasteiger partial charge in [-0.05, 0) is 37.0 Å². The van der Waals surface area contributed by atoms with Crippen LogP contribution in [0.1, 0.15) is 35.2 Å². The van der Waals surface area contributed by atoms with Gasteiger partial charge in [0.25, 0.3) is 5.91 Å². The summed E-state index contributed by atoms with van der Waals surface area (Å²) in [6.07, 6.45) is 3.14. The molecule has 0 saturated carbocycles. The molecular formula is C15H17BrF2N2O2. The zero-order valence-electron chi connectivity index (χ0n) is 11.9. The molecule has 7 heteroatoms. The van der Waals surface area contributed by atoms with Gasteiger partial charge in [0.1, 0.15) is 0 Å². The molecular weight excluding hydrogens is 358 g/mol. The van der Waals surface area contributed by atoms with E-state index in [1.807, 2.05) is 15.9 Å². The summed E-state index contributed by atoms with van der Waals surface area (Å²) in [5.74, 6) is -1.46. The lowest BCUT2D eigenvalue weighted by atomic mass is 10.1. The zero-order chi connectivity index (χ0) is 16.2. The summed E-state index contributed by atoms with van der Waals surface area (Å²) < 4.78 is 25.4. The third-order valence-electron chi connectivity index (χ3n) is 3.53. The van der Waals surface area contributed by atoms with Gasteiger partial charge >= 0.3 is 10.7 Å². The summed E-state index contributed by atoms with van der Waals surface area (Å²) in [5.41, 5.74) is 1.12. The second kappa shape index (κ2) is 7.17. The van der Waals surface area contributed by atoms with Crippen LogP contribution in [0.2, 0.25) is 0 Å². The quantitative estimate of drug-likeness (QED) is 0.823. The summed E-state index contributed by atoms with van der Waals surface area (Å²) in [6, 6.07) is 6.69. The summed E-state index contributed by atoms with van der Waals surface area (Å²) in [7, 11) is 0. The van der Waals surface area contributed by atoms with E-state index >= 15 is 0 Å². The third kappa shape index (κ3) is 4.50. The number of carbonyl (C=O) groups is 2. The van der Waals surface area contributed by atoms with Gasteiger partial charge in [-0.15, -0.1) is 0 Å². The van der Waals surface area contributed by atoms with Gasteiger partial charge in [0.05, 0.1) is 0 Å². The van der Waals surface area contributed by atoms with Gasteiger partial charge in [-0.3, -0.25) is 9.59 Å². The minimum atomic E-state index is -3.59. The summed E-state index contributed by atoms with van der Waals surface area (Å²) in [6.45, 7) is 1.44. The average molecular weight is 375 g/mol. The number of alkyl halides is 3. The highest BCUT2D eigenvalue weighted by molar-refractivity contribution is 9.10. The molecule has 1 heterocycles. The van der Waals surface area contributed by atoms with Crippen LogP contribution in [0.15, 0.2) is 24.3 Å². The Morgan fingerprint density at radius 1 is 1.23 bits per heavy atom. The Morgan fingerprint density at radius 3 is 2.55 bits per heavy atom. The van der Waals surface area contributed by atoms with Crippen molar-refractivity contribution in [1.82, 2.24) is 10.2 Å². The lowest BCUT2D eigenvalue weighted by Crippen LogP contribution is -2.36. The van der Waals surface area contributed by atoms with Crippen LogP contribution >= 0.6 is 15.9 Å². The van der Waals surface area contributed by atoms with Gasteiger partial charge in [0.2, 0.25) is 0 Å². The monoisotopic (exact) mass is 374 g/mol. The first-order valence-corrected chi connectivity index (χ1v) is 7.90. The van der Waals surface area contributed by atoms with Crippen LogP contribution in [0.4, 0.5) is 8.78 Å². The van der Waals surface area contributed by atoms with Crippen molar-refractivity contribution in [1.29, 1.82) is 0 Å². The molecule has 22 heavy (non-hydrogen) atoms. The Morgan fingerprint density at radius 2 is 1.91 bits per heavy atom. The highest BCUT2D eigenvalue weighted by Gasteiger charge is 2.34. The van der Waals surface area contributed by atoms with Crippen molar-refractivity contribution in [2.45, 2.75) is 30.6 Å². The number of hydrogen-bond acceptors (Lipinski definition) is 2. The molecule has 1 N–H and O–H groups in total. The van der Waals surface area contributed by atoms with E-state index < -0.39 is 10.7 Å². The van der Waals surface area contributed by atoms with Crippen LogP contribution in [0.5, 0.6) is 0 Å². The number of nitrogens with one attached hydrogen (secondary N) is 1. The molecule has 1 aliphatic rings. The largest absolute Gasteiger partial charge is 0.377 e. The lowest BCUT2D eigenvalue weighted by Gasteiger charge is -2.26. The first-order valence-electron chi connectivity index (χ1n) is 7.11. The number of halogens is 3. The molecule has 1 aromatic carbocycles. The van der Waals surface area contributed by atoms with Gasteiger partial charge in [-0.1, -0.05) is 12.1 Å². The molecule has 0 spiro atoms. The predicted molar refractivity (Wildman–Crippen MR) is 81.9 cm³/mol. The summed E-state index contributed by atoms with van der Waals surface area (Å²) in [5, 5.41) is 2.12. The average Bonchev–Trinajstić information content (AvgIpc) is 2.52. The maximum absolute atomic E-state index is 12.7. The SMILES string of the molecule is O=C(c1cccc(CNC(=O)C(F)(F)Br)c1)N1CCCCC1. The topological polar surface area (TPSA) is 49.4 Å². The van der Waals surface area contributed by atoms with E-state index in [1.165, 1.54) is 0 Å². The Labute approximate surface area is 136 Å². The highest BCUT2D eigenvalue weighted by atomic mass is 79.9. The lowest BCUT2D eigenvalue weighted by molar-refractivity contribution is -0.134. The first-order chi connectivity index (χ1) is 10.4. The van der Waals surface area contributed by atoms with Crippen molar-refractivity contribution in [3.63, 3.8) is 0 Å². The van der Waals surface area contributed by atoms with Gasteiger partial charge < -0.3 is 10.2 Å². The van der Waals surface area contributed by atoms with Crippen LogP contribution in [-0.4, -0.2) is 34.6 Å². The smallest absolute Gasteiger partial charge is 0.346 e. The fraction of sp³-hybridized carbons (Fsp3) is 0.467. The van der Waals surface area contributed by atoms with Crippen molar-refractivity contribution in [2.24, 2.45) is 0 Å². The Kier molecular flexibility index (Phi) is 5.50. The molecule has 0 radical (unpaired) electrons. The van der Waals surface area contributed by atoms with Crippen LogP contribution in [-0.2, 0) is 11.3 Å².